The summed E-state index contributed by atoms with van der Waals surface area (Å²) in [4.78, 5) is 13.0. The molecule has 0 spiro atoms. The summed E-state index contributed by atoms with van der Waals surface area (Å²) in [5.74, 6) is 0.406. The average molecular weight is 350 g/mol. The average Bonchev–Trinajstić information content (AvgIpc) is 2.41. The number of thioether (sulfide) groups is 1. The van der Waals surface area contributed by atoms with Crippen molar-refractivity contribution in [1.82, 2.24) is 0 Å². The summed E-state index contributed by atoms with van der Waals surface area (Å²) < 4.78 is 0.909. The standard InChI is InChI=1S/C16H16BrNOS/c1-11-3-6-13(7-4-11)20-10-16(19)18-15-8-5-12(2)9-14(15)17/h3-9H,10H2,1-2H3,(H,18,19). The van der Waals surface area contributed by atoms with Gasteiger partial charge < -0.3 is 5.32 Å². The SMILES string of the molecule is Cc1ccc(SCC(=O)Nc2ccc(C)cc2Br)cc1. The molecule has 2 rings (SSSR count). The minimum atomic E-state index is 0.000119. The van der Waals surface area contributed by atoms with Crippen LogP contribution in [0.25, 0.3) is 0 Å². The van der Waals surface area contributed by atoms with Crippen LogP contribution < -0.4 is 5.32 Å². The highest BCUT2D eigenvalue weighted by Gasteiger charge is 2.06. The van der Waals surface area contributed by atoms with E-state index in [0.717, 1.165) is 20.6 Å². The number of amides is 1. The molecule has 0 atom stereocenters. The van der Waals surface area contributed by atoms with Crippen molar-refractivity contribution in [2.24, 2.45) is 0 Å². The zero-order valence-corrected chi connectivity index (χ0v) is 13.8. The van der Waals surface area contributed by atoms with Gasteiger partial charge in [-0.05, 0) is 59.6 Å². The highest BCUT2D eigenvalue weighted by molar-refractivity contribution is 9.10. The number of halogens is 1. The number of aryl methyl sites for hydroxylation is 2. The topological polar surface area (TPSA) is 29.1 Å². The number of hydrogen-bond acceptors (Lipinski definition) is 2. The Morgan fingerprint density at radius 2 is 1.75 bits per heavy atom. The molecule has 0 saturated carbocycles. The maximum Gasteiger partial charge on any atom is 0.234 e. The molecule has 0 radical (unpaired) electrons. The number of hydrogen-bond donors (Lipinski definition) is 1. The Balaban J connectivity index is 1.90. The van der Waals surface area contributed by atoms with Crippen LogP contribution in [0.4, 0.5) is 5.69 Å². The van der Waals surface area contributed by atoms with Gasteiger partial charge in [-0.1, -0.05) is 23.8 Å². The lowest BCUT2D eigenvalue weighted by Crippen LogP contribution is -2.14. The van der Waals surface area contributed by atoms with Gasteiger partial charge in [0.1, 0.15) is 0 Å². The summed E-state index contributed by atoms with van der Waals surface area (Å²) in [7, 11) is 0. The second-order valence-electron chi connectivity index (χ2n) is 4.63. The molecule has 1 amide bonds. The third-order valence-electron chi connectivity index (χ3n) is 2.79. The van der Waals surface area contributed by atoms with Crippen molar-refractivity contribution < 1.29 is 4.79 Å². The molecule has 0 aliphatic rings. The van der Waals surface area contributed by atoms with E-state index < -0.39 is 0 Å². The Bertz CT molecular complexity index is 610. The fraction of sp³-hybridized carbons (Fsp3) is 0.188. The Morgan fingerprint density at radius 3 is 2.40 bits per heavy atom. The molecule has 0 saturated heterocycles. The van der Waals surface area contributed by atoms with Crippen molar-refractivity contribution in [2.75, 3.05) is 11.1 Å². The van der Waals surface area contributed by atoms with Crippen molar-refractivity contribution in [3.05, 3.63) is 58.1 Å². The van der Waals surface area contributed by atoms with Gasteiger partial charge in [-0.2, -0.15) is 0 Å². The van der Waals surface area contributed by atoms with E-state index in [0.29, 0.717) is 5.75 Å². The largest absolute Gasteiger partial charge is 0.324 e. The number of rotatable bonds is 4. The number of carbonyl (C=O) groups excluding carboxylic acids is 1. The van der Waals surface area contributed by atoms with Gasteiger partial charge in [-0.15, -0.1) is 11.8 Å². The summed E-state index contributed by atoms with van der Waals surface area (Å²) in [5, 5.41) is 2.91. The summed E-state index contributed by atoms with van der Waals surface area (Å²) in [5.41, 5.74) is 3.19. The Labute approximate surface area is 132 Å². The predicted molar refractivity (Wildman–Crippen MR) is 89.4 cm³/mol. The second-order valence-corrected chi connectivity index (χ2v) is 6.54. The highest BCUT2D eigenvalue weighted by atomic mass is 79.9. The van der Waals surface area contributed by atoms with Gasteiger partial charge >= 0.3 is 0 Å². The molecule has 2 aromatic rings. The van der Waals surface area contributed by atoms with Gasteiger partial charge in [0.05, 0.1) is 11.4 Å². The molecule has 2 nitrogen and oxygen atoms in total. The molecule has 0 unspecified atom stereocenters. The normalized spacial score (nSPS) is 10.3. The van der Waals surface area contributed by atoms with E-state index in [1.807, 2.05) is 37.3 Å². The molecule has 0 aromatic heterocycles. The molecule has 0 aliphatic heterocycles. The van der Waals surface area contributed by atoms with Gasteiger partial charge in [-0.3, -0.25) is 4.79 Å². The summed E-state index contributed by atoms with van der Waals surface area (Å²) in [6.45, 7) is 4.07. The van der Waals surface area contributed by atoms with Crippen LogP contribution >= 0.6 is 27.7 Å². The van der Waals surface area contributed by atoms with Crippen molar-refractivity contribution in [3.8, 4) is 0 Å². The summed E-state index contributed by atoms with van der Waals surface area (Å²) in [6, 6.07) is 14.1. The minimum Gasteiger partial charge on any atom is -0.324 e. The van der Waals surface area contributed by atoms with E-state index in [4.69, 9.17) is 0 Å². The summed E-state index contributed by atoms with van der Waals surface area (Å²) >= 11 is 5.00. The third kappa shape index (κ3) is 4.39. The first-order chi connectivity index (χ1) is 9.54. The van der Waals surface area contributed by atoms with Crippen LogP contribution in [0.5, 0.6) is 0 Å². The molecule has 0 aliphatic carbocycles. The van der Waals surface area contributed by atoms with Crippen LogP contribution in [0.3, 0.4) is 0 Å². The molecule has 0 bridgehead atoms. The van der Waals surface area contributed by atoms with Crippen LogP contribution in [-0.4, -0.2) is 11.7 Å². The minimum absolute atomic E-state index is 0.000119. The van der Waals surface area contributed by atoms with Crippen LogP contribution in [0.1, 0.15) is 11.1 Å². The van der Waals surface area contributed by atoms with Gasteiger partial charge in [-0.25, -0.2) is 0 Å². The van der Waals surface area contributed by atoms with Crippen LogP contribution in [0.15, 0.2) is 51.8 Å². The predicted octanol–water partition coefficient (Wildman–Crippen LogP) is 4.80. The van der Waals surface area contributed by atoms with E-state index >= 15 is 0 Å². The van der Waals surface area contributed by atoms with Crippen molar-refractivity contribution in [1.29, 1.82) is 0 Å². The van der Waals surface area contributed by atoms with Crippen LogP contribution in [0.2, 0.25) is 0 Å². The third-order valence-corrected chi connectivity index (χ3v) is 4.46. The number of benzene rings is 2. The van der Waals surface area contributed by atoms with E-state index in [1.54, 1.807) is 0 Å². The zero-order chi connectivity index (χ0) is 14.5. The lowest BCUT2D eigenvalue weighted by molar-refractivity contribution is -0.113. The van der Waals surface area contributed by atoms with Gasteiger partial charge in [0.25, 0.3) is 0 Å². The molecule has 104 valence electrons. The molecular formula is C16H16BrNOS. The Hall–Kier alpha value is -1.26. The smallest absolute Gasteiger partial charge is 0.234 e. The molecule has 0 heterocycles. The highest BCUT2D eigenvalue weighted by Crippen LogP contribution is 2.24. The fourth-order valence-corrected chi connectivity index (χ4v) is 2.98. The molecule has 4 heteroatoms. The Morgan fingerprint density at radius 1 is 1.10 bits per heavy atom. The second kappa shape index (κ2) is 6.95. The van der Waals surface area contributed by atoms with Gasteiger partial charge in [0.2, 0.25) is 5.91 Å². The van der Waals surface area contributed by atoms with Gasteiger partial charge in [0.15, 0.2) is 0 Å². The fourth-order valence-electron chi connectivity index (χ4n) is 1.69. The molecule has 20 heavy (non-hydrogen) atoms. The number of carbonyl (C=O) groups is 1. The summed E-state index contributed by atoms with van der Waals surface area (Å²) in [6.07, 6.45) is 0. The van der Waals surface area contributed by atoms with Crippen molar-refractivity contribution in [3.63, 3.8) is 0 Å². The Kier molecular flexibility index (Phi) is 5.26. The quantitative estimate of drug-likeness (QED) is 0.803. The first-order valence-electron chi connectivity index (χ1n) is 6.30. The van der Waals surface area contributed by atoms with Crippen LogP contribution in [-0.2, 0) is 4.79 Å². The maximum absolute atomic E-state index is 11.9. The monoisotopic (exact) mass is 349 g/mol. The van der Waals surface area contributed by atoms with Crippen LogP contribution in [0, 0.1) is 13.8 Å². The molecule has 1 N–H and O–H groups in total. The first kappa shape index (κ1) is 15.1. The van der Waals surface area contributed by atoms with E-state index in [1.165, 1.54) is 17.3 Å². The van der Waals surface area contributed by atoms with Crippen molar-refractivity contribution >= 4 is 39.3 Å². The van der Waals surface area contributed by atoms with E-state index in [2.05, 4.69) is 40.3 Å². The van der Waals surface area contributed by atoms with E-state index in [-0.39, 0.29) is 5.91 Å². The zero-order valence-electron chi connectivity index (χ0n) is 11.4. The van der Waals surface area contributed by atoms with Crippen molar-refractivity contribution in [2.45, 2.75) is 18.7 Å². The first-order valence-corrected chi connectivity index (χ1v) is 8.08. The molecular weight excluding hydrogens is 334 g/mol. The number of nitrogens with one attached hydrogen (secondary N) is 1. The maximum atomic E-state index is 11.9. The lowest BCUT2D eigenvalue weighted by Gasteiger charge is -2.08. The molecule has 0 fully saturated rings. The van der Waals surface area contributed by atoms with E-state index in [9.17, 15) is 4.79 Å². The molecule has 2 aromatic carbocycles. The van der Waals surface area contributed by atoms with Gasteiger partial charge in [0, 0.05) is 9.37 Å². The lowest BCUT2D eigenvalue weighted by atomic mass is 10.2. The number of anilines is 1.